The molecule has 0 saturated carbocycles. The zero-order chi connectivity index (χ0) is 14.5. The van der Waals surface area contributed by atoms with Gasteiger partial charge in [-0.05, 0) is 23.8 Å². The first-order valence-electron chi connectivity index (χ1n) is 5.70. The Morgan fingerprint density at radius 2 is 2.15 bits per heavy atom. The van der Waals surface area contributed by atoms with E-state index < -0.39 is 11.8 Å². The number of aromatic nitrogens is 1. The summed E-state index contributed by atoms with van der Waals surface area (Å²) in [5.74, 6) is -0.647. The van der Waals surface area contributed by atoms with Crippen LogP contribution in [0.25, 0.3) is 12.2 Å². The number of ether oxygens (including phenoxy) is 2. The molecule has 6 heteroatoms. The topological polar surface area (TPSA) is 48.4 Å². The van der Waals surface area contributed by atoms with Crippen molar-refractivity contribution in [2.24, 2.45) is 0 Å². The van der Waals surface area contributed by atoms with E-state index >= 15 is 0 Å². The molecule has 0 N–H and O–H groups in total. The summed E-state index contributed by atoms with van der Waals surface area (Å²) in [6.45, 7) is 0. The van der Waals surface area contributed by atoms with Crippen molar-refractivity contribution in [3.8, 4) is 5.75 Å². The Morgan fingerprint density at radius 1 is 1.35 bits per heavy atom. The Hall–Kier alpha value is -2.21. The lowest BCUT2D eigenvalue weighted by Crippen LogP contribution is -1.96. The van der Waals surface area contributed by atoms with Gasteiger partial charge in [0, 0.05) is 0 Å². The highest BCUT2D eigenvalue weighted by molar-refractivity contribution is 7.14. The van der Waals surface area contributed by atoms with Crippen molar-refractivity contribution < 1.29 is 18.7 Å². The standard InChI is InChI=1S/C14H12FNO3S/c1-18-11-5-3-9(7-10(11)15)4-6-13-16-8-12(20-13)14(17)19-2/h3-8H,1-2H3. The maximum Gasteiger partial charge on any atom is 0.349 e. The van der Waals surface area contributed by atoms with Crippen molar-refractivity contribution in [3.63, 3.8) is 0 Å². The molecule has 0 aliphatic carbocycles. The minimum Gasteiger partial charge on any atom is -0.494 e. The van der Waals surface area contributed by atoms with Crippen molar-refractivity contribution in [1.29, 1.82) is 0 Å². The Kier molecular flexibility index (Phi) is 4.47. The van der Waals surface area contributed by atoms with E-state index in [1.165, 1.54) is 37.8 Å². The lowest BCUT2D eigenvalue weighted by Gasteiger charge is -2.01. The predicted octanol–water partition coefficient (Wildman–Crippen LogP) is 3.25. The summed E-state index contributed by atoms with van der Waals surface area (Å²) >= 11 is 1.21. The van der Waals surface area contributed by atoms with Gasteiger partial charge in [-0.15, -0.1) is 11.3 Å². The zero-order valence-corrected chi connectivity index (χ0v) is 11.7. The van der Waals surface area contributed by atoms with Crippen molar-refractivity contribution in [2.75, 3.05) is 14.2 Å². The lowest BCUT2D eigenvalue weighted by atomic mass is 10.2. The molecule has 0 aliphatic rings. The van der Waals surface area contributed by atoms with Crippen LogP contribution in [0.4, 0.5) is 4.39 Å². The maximum atomic E-state index is 13.5. The van der Waals surface area contributed by atoms with Gasteiger partial charge in [0.05, 0.1) is 20.4 Å². The van der Waals surface area contributed by atoms with Crippen LogP contribution in [0.2, 0.25) is 0 Å². The Labute approximate surface area is 119 Å². The van der Waals surface area contributed by atoms with Gasteiger partial charge in [0.25, 0.3) is 0 Å². The van der Waals surface area contributed by atoms with E-state index in [0.717, 1.165) is 0 Å². The van der Waals surface area contributed by atoms with Gasteiger partial charge in [-0.25, -0.2) is 14.2 Å². The molecule has 104 valence electrons. The summed E-state index contributed by atoms with van der Waals surface area (Å²) in [6, 6.07) is 4.65. The van der Waals surface area contributed by atoms with E-state index in [-0.39, 0.29) is 5.75 Å². The first kappa shape index (κ1) is 14.2. The van der Waals surface area contributed by atoms with Crippen molar-refractivity contribution in [2.45, 2.75) is 0 Å². The monoisotopic (exact) mass is 293 g/mol. The van der Waals surface area contributed by atoms with Crippen LogP contribution in [0.1, 0.15) is 20.2 Å². The van der Waals surface area contributed by atoms with Crippen molar-refractivity contribution in [3.05, 3.63) is 45.7 Å². The van der Waals surface area contributed by atoms with Crippen LogP contribution in [0.5, 0.6) is 5.75 Å². The Balaban J connectivity index is 2.15. The summed E-state index contributed by atoms with van der Waals surface area (Å²) in [7, 11) is 2.73. The molecule has 1 aromatic heterocycles. The number of carbonyl (C=O) groups is 1. The smallest absolute Gasteiger partial charge is 0.349 e. The van der Waals surface area contributed by atoms with E-state index in [4.69, 9.17) is 4.74 Å². The molecule has 0 amide bonds. The van der Waals surface area contributed by atoms with E-state index in [1.54, 1.807) is 24.3 Å². The van der Waals surface area contributed by atoms with Gasteiger partial charge in [-0.1, -0.05) is 12.1 Å². The third kappa shape index (κ3) is 3.21. The number of rotatable bonds is 4. The van der Waals surface area contributed by atoms with Gasteiger partial charge in [0.15, 0.2) is 11.6 Å². The molecule has 0 unspecified atom stereocenters. The van der Waals surface area contributed by atoms with Gasteiger partial charge in [-0.2, -0.15) is 0 Å². The van der Waals surface area contributed by atoms with Crippen LogP contribution in [0.3, 0.4) is 0 Å². The first-order chi connectivity index (χ1) is 9.63. The summed E-state index contributed by atoms with van der Waals surface area (Å²) < 4.78 is 22.9. The summed E-state index contributed by atoms with van der Waals surface area (Å²) in [4.78, 5) is 15.8. The second-order valence-corrected chi connectivity index (χ2v) is 4.84. The molecular weight excluding hydrogens is 281 g/mol. The lowest BCUT2D eigenvalue weighted by molar-refractivity contribution is 0.0606. The highest BCUT2D eigenvalue weighted by Crippen LogP contribution is 2.20. The number of esters is 1. The number of nitrogens with zero attached hydrogens (tertiary/aromatic N) is 1. The molecule has 1 heterocycles. The molecule has 2 rings (SSSR count). The van der Waals surface area contributed by atoms with Crippen LogP contribution in [0.15, 0.2) is 24.4 Å². The molecule has 0 fully saturated rings. The van der Waals surface area contributed by atoms with Crippen LogP contribution in [0, 0.1) is 5.82 Å². The van der Waals surface area contributed by atoms with Gasteiger partial charge >= 0.3 is 5.97 Å². The fourth-order valence-electron chi connectivity index (χ4n) is 1.51. The molecule has 0 atom stereocenters. The van der Waals surface area contributed by atoms with Crippen LogP contribution >= 0.6 is 11.3 Å². The normalized spacial score (nSPS) is 10.8. The maximum absolute atomic E-state index is 13.5. The average molecular weight is 293 g/mol. The summed E-state index contributed by atoms with van der Waals surface area (Å²) in [5, 5.41) is 0.640. The van der Waals surface area contributed by atoms with Crippen molar-refractivity contribution >= 4 is 29.5 Å². The van der Waals surface area contributed by atoms with E-state index in [0.29, 0.717) is 15.4 Å². The average Bonchev–Trinajstić information content (AvgIpc) is 2.93. The number of benzene rings is 1. The predicted molar refractivity (Wildman–Crippen MR) is 75.3 cm³/mol. The largest absolute Gasteiger partial charge is 0.494 e. The number of hydrogen-bond acceptors (Lipinski definition) is 5. The van der Waals surface area contributed by atoms with Crippen molar-refractivity contribution in [1.82, 2.24) is 4.98 Å². The molecule has 20 heavy (non-hydrogen) atoms. The molecular formula is C14H12FNO3S. The first-order valence-corrected chi connectivity index (χ1v) is 6.51. The number of thiazole rings is 1. The molecule has 0 aliphatic heterocycles. The molecule has 2 aromatic rings. The second kappa shape index (κ2) is 6.29. The van der Waals surface area contributed by atoms with E-state index in [9.17, 15) is 9.18 Å². The molecule has 0 spiro atoms. The number of hydrogen-bond donors (Lipinski definition) is 0. The van der Waals surface area contributed by atoms with Gasteiger partial charge < -0.3 is 9.47 Å². The zero-order valence-electron chi connectivity index (χ0n) is 10.9. The number of halogens is 1. The Bertz CT molecular complexity index is 652. The van der Waals surface area contributed by atoms with Crippen LogP contribution in [-0.4, -0.2) is 25.2 Å². The third-order valence-corrected chi connectivity index (χ3v) is 3.45. The van der Waals surface area contributed by atoms with E-state index in [2.05, 4.69) is 9.72 Å². The van der Waals surface area contributed by atoms with Crippen LogP contribution < -0.4 is 4.74 Å². The minimum absolute atomic E-state index is 0.198. The second-order valence-electron chi connectivity index (χ2n) is 3.78. The molecule has 4 nitrogen and oxygen atoms in total. The van der Waals surface area contributed by atoms with Gasteiger partial charge in [0.1, 0.15) is 9.88 Å². The summed E-state index contributed by atoms with van der Waals surface area (Å²) in [5.41, 5.74) is 0.679. The SMILES string of the molecule is COC(=O)c1cnc(C=Cc2ccc(OC)c(F)c2)s1. The molecule has 0 saturated heterocycles. The molecule has 0 bridgehead atoms. The van der Waals surface area contributed by atoms with Gasteiger partial charge in [0.2, 0.25) is 0 Å². The number of methoxy groups -OCH3 is 2. The quantitative estimate of drug-likeness (QED) is 0.812. The third-order valence-electron chi connectivity index (χ3n) is 2.50. The molecule has 1 aromatic carbocycles. The van der Waals surface area contributed by atoms with Gasteiger partial charge in [-0.3, -0.25) is 0 Å². The van der Waals surface area contributed by atoms with Crippen LogP contribution in [-0.2, 0) is 4.74 Å². The number of carbonyl (C=O) groups excluding carboxylic acids is 1. The highest BCUT2D eigenvalue weighted by Gasteiger charge is 2.08. The Morgan fingerprint density at radius 3 is 2.80 bits per heavy atom. The fourth-order valence-corrected chi connectivity index (χ4v) is 2.25. The van der Waals surface area contributed by atoms with E-state index in [1.807, 2.05) is 0 Å². The fraction of sp³-hybridized carbons (Fsp3) is 0.143. The molecule has 0 radical (unpaired) electrons. The summed E-state index contributed by atoms with van der Waals surface area (Å²) in [6.07, 6.45) is 4.87. The highest BCUT2D eigenvalue weighted by atomic mass is 32.1. The minimum atomic E-state index is -0.427.